The van der Waals surface area contributed by atoms with Crippen LogP contribution in [-0.4, -0.2) is 28.9 Å². The fourth-order valence-corrected chi connectivity index (χ4v) is 2.00. The smallest absolute Gasteiger partial charge is 0.272 e. The highest BCUT2D eigenvalue weighted by Crippen LogP contribution is 2.06. The van der Waals surface area contributed by atoms with Crippen LogP contribution in [0.1, 0.15) is 23.0 Å². The van der Waals surface area contributed by atoms with E-state index in [1.54, 1.807) is 4.90 Å². The summed E-state index contributed by atoms with van der Waals surface area (Å²) in [5.74, 6) is -0.863. The molecule has 2 aromatic rings. The highest BCUT2D eigenvalue weighted by molar-refractivity contribution is 5.92. The van der Waals surface area contributed by atoms with Gasteiger partial charge in [-0.2, -0.15) is 4.39 Å². The molecule has 1 aromatic carbocycles. The van der Waals surface area contributed by atoms with Crippen LogP contribution >= 0.6 is 0 Å². The average Bonchev–Trinajstić information content (AvgIpc) is 2.48. The summed E-state index contributed by atoms with van der Waals surface area (Å²) in [5, 5.41) is 0. The second-order valence-electron chi connectivity index (χ2n) is 4.47. The lowest BCUT2D eigenvalue weighted by atomic mass is 10.1. The van der Waals surface area contributed by atoms with Crippen molar-refractivity contribution in [3.63, 3.8) is 0 Å². The first-order chi connectivity index (χ1) is 9.70. The Morgan fingerprint density at radius 2 is 1.90 bits per heavy atom. The number of carbonyl (C=O) groups is 1. The van der Waals surface area contributed by atoms with Gasteiger partial charge in [0.2, 0.25) is 5.95 Å². The number of nitrogens with zero attached hydrogens (tertiary/aromatic N) is 2. The second kappa shape index (κ2) is 6.80. The minimum absolute atomic E-state index is 0.153. The Morgan fingerprint density at radius 3 is 2.55 bits per heavy atom. The summed E-state index contributed by atoms with van der Waals surface area (Å²) >= 11 is 0. The average molecular weight is 272 g/mol. The molecule has 1 aromatic heterocycles. The summed E-state index contributed by atoms with van der Waals surface area (Å²) < 4.78 is 13.1. The fourth-order valence-electron chi connectivity index (χ4n) is 2.00. The molecule has 0 aliphatic heterocycles. The zero-order valence-electron chi connectivity index (χ0n) is 11.4. The van der Waals surface area contributed by atoms with Crippen LogP contribution in [-0.2, 0) is 6.42 Å². The molecule has 1 heterocycles. The quantitative estimate of drug-likeness (QED) is 0.784. The molecule has 0 radical (unpaired) electrons. The summed E-state index contributed by atoms with van der Waals surface area (Å²) in [5.41, 5.74) is 1.32. The van der Waals surface area contributed by atoms with Gasteiger partial charge >= 0.3 is 0 Å². The first-order valence-electron chi connectivity index (χ1n) is 6.66. The zero-order chi connectivity index (χ0) is 14.4. The van der Waals surface area contributed by atoms with E-state index in [1.165, 1.54) is 23.8 Å². The van der Waals surface area contributed by atoms with E-state index in [0.29, 0.717) is 13.1 Å². The number of hydrogen-bond acceptors (Lipinski definition) is 2. The van der Waals surface area contributed by atoms with Crippen molar-refractivity contribution in [3.8, 4) is 0 Å². The number of halogens is 1. The van der Waals surface area contributed by atoms with Crippen molar-refractivity contribution in [1.29, 1.82) is 0 Å². The van der Waals surface area contributed by atoms with E-state index >= 15 is 0 Å². The molecule has 0 N–H and O–H groups in total. The number of hydrogen-bond donors (Lipinski definition) is 0. The number of aromatic nitrogens is 1. The maximum absolute atomic E-state index is 13.1. The van der Waals surface area contributed by atoms with Gasteiger partial charge in [-0.1, -0.05) is 36.4 Å². The number of benzene rings is 1. The van der Waals surface area contributed by atoms with Crippen LogP contribution in [0.5, 0.6) is 0 Å². The van der Waals surface area contributed by atoms with Crippen LogP contribution in [0.3, 0.4) is 0 Å². The predicted molar refractivity (Wildman–Crippen MR) is 75.9 cm³/mol. The molecule has 104 valence electrons. The van der Waals surface area contributed by atoms with Crippen molar-refractivity contribution in [2.75, 3.05) is 13.1 Å². The van der Waals surface area contributed by atoms with Crippen molar-refractivity contribution in [1.82, 2.24) is 9.88 Å². The Hall–Kier alpha value is -2.23. The standard InChI is InChI=1S/C16H17FN2O/c1-2-19(12-11-13-7-4-3-5-8-13)16(20)14-9-6-10-15(17)18-14/h3-10H,2,11-12H2,1H3. The maximum atomic E-state index is 13.1. The molecule has 0 unspecified atom stereocenters. The second-order valence-corrected chi connectivity index (χ2v) is 4.47. The predicted octanol–water partition coefficient (Wildman–Crippen LogP) is 2.93. The Kier molecular flexibility index (Phi) is 4.82. The molecule has 2 rings (SSSR count). The normalized spacial score (nSPS) is 10.3. The van der Waals surface area contributed by atoms with E-state index in [-0.39, 0.29) is 11.6 Å². The number of likely N-dealkylation sites (N-methyl/N-ethyl adjacent to an activating group) is 1. The van der Waals surface area contributed by atoms with Gasteiger partial charge in [0.1, 0.15) is 5.69 Å². The molecule has 4 heteroatoms. The van der Waals surface area contributed by atoms with Gasteiger partial charge in [0.15, 0.2) is 0 Å². The molecule has 0 spiro atoms. The lowest BCUT2D eigenvalue weighted by molar-refractivity contribution is 0.0759. The number of carbonyl (C=O) groups excluding carboxylic acids is 1. The molecule has 0 saturated heterocycles. The summed E-state index contributed by atoms with van der Waals surface area (Å²) in [7, 11) is 0. The lowest BCUT2D eigenvalue weighted by Gasteiger charge is -2.20. The molecule has 0 bridgehead atoms. The monoisotopic (exact) mass is 272 g/mol. The Morgan fingerprint density at radius 1 is 1.15 bits per heavy atom. The molecule has 1 amide bonds. The van der Waals surface area contributed by atoms with Crippen LogP contribution in [0.4, 0.5) is 4.39 Å². The topological polar surface area (TPSA) is 33.2 Å². The van der Waals surface area contributed by atoms with Gasteiger partial charge < -0.3 is 4.90 Å². The van der Waals surface area contributed by atoms with Crippen LogP contribution in [0, 0.1) is 5.95 Å². The number of pyridine rings is 1. The molecule has 3 nitrogen and oxygen atoms in total. The third-order valence-corrected chi connectivity index (χ3v) is 3.12. The van der Waals surface area contributed by atoms with E-state index in [9.17, 15) is 9.18 Å². The van der Waals surface area contributed by atoms with Gasteiger partial charge in [-0.25, -0.2) is 4.98 Å². The SMILES string of the molecule is CCN(CCc1ccccc1)C(=O)c1cccc(F)n1. The Balaban J connectivity index is 2.03. The first-order valence-corrected chi connectivity index (χ1v) is 6.66. The van der Waals surface area contributed by atoms with Gasteiger partial charge in [0, 0.05) is 13.1 Å². The Bertz CT molecular complexity index is 572. The first kappa shape index (κ1) is 14.2. The highest BCUT2D eigenvalue weighted by Gasteiger charge is 2.15. The lowest BCUT2D eigenvalue weighted by Crippen LogP contribution is -2.33. The van der Waals surface area contributed by atoms with Crippen molar-refractivity contribution in [2.45, 2.75) is 13.3 Å². The largest absolute Gasteiger partial charge is 0.337 e. The van der Waals surface area contributed by atoms with Crippen LogP contribution in [0.15, 0.2) is 48.5 Å². The van der Waals surface area contributed by atoms with Gasteiger partial charge in [-0.15, -0.1) is 0 Å². The third-order valence-electron chi connectivity index (χ3n) is 3.12. The molecule has 20 heavy (non-hydrogen) atoms. The number of rotatable bonds is 5. The van der Waals surface area contributed by atoms with Crippen LogP contribution in [0.25, 0.3) is 0 Å². The van der Waals surface area contributed by atoms with Gasteiger partial charge in [-0.05, 0) is 31.0 Å². The summed E-state index contributed by atoms with van der Waals surface area (Å²) in [4.78, 5) is 17.6. The minimum atomic E-state index is -0.630. The van der Waals surface area contributed by atoms with Crippen molar-refractivity contribution in [2.24, 2.45) is 0 Å². The van der Waals surface area contributed by atoms with Crippen molar-refractivity contribution < 1.29 is 9.18 Å². The molecular weight excluding hydrogens is 255 g/mol. The number of amides is 1. The maximum Gasteiger partial charge on any atom is 0.272 e. The van der Waals surface area contributed by atoms with Crippen LogP contribution in [0.2, 0.25) is 0 Å². The van der Waals surface area contributed by atoms with E-state index in [0.717, 1.165) is 6.42 Å². The molecule has 0 saturated carbocycles. The molecular formula is C16H17FN2O. The van der Waals surface area contributed by atoms with Gasteiger partial charge in [0.25, 0.3) is 5.91 Å². The van der Waals surface area contributed by atoms with Crippen molar-refractivity contribution >= 4 is 5.91 Å². The summed E-state index contributed by atoms with van der Waals surface area (Å²) in [6.07, 6.45) is 0.774. The van der Waals surface area contributed by atoms with Gasteiger partial charge in [0.05, 0.1) is 0 Å². The Labute approximate surface area is 118 Å². The summed E-state index contributed by atoms with van der Waals surface area (Å²) in [6, 6.07) is 14.2. The van der Waals surface area contributed by atoms with Crippen molar-refractivity contribution in [3.05, 3.63) is 65.7 Å². The molecule has 0 fully saturated rings. The minimum Gasteiger partial charge on any atom is -0.337 e. The third kappa shape index (κ3) is 3.63. The van der Waals surface area contributed by atoms with Gasteiger partial charge in [-0.3, -0.25) is 4.79 Å². The highest BCUT2D eigenvalue weighted by atomic mass is 19.1. The van der Waals surface area contributed by atoms with E-state index in [2.05, 4.69) is 4.98 Å². The molecule has 0 aliphatic rings. The summed E-state index contributed by atoms with van der Waals surface area (Å²) in [6.45, 7) is 3.07. The zero-order valence-corrected chi connectivity index (χ0v) is 11.4. The van der Waals surface area contributed by atoms with E-state index in [1.807, 2.05) is 37.3 Å². The fraction of sp³-hybridized carbons (Fsp3) is 0.250. The van der Waals surface area contributed by atoms with E-state index in [4.69, 9.17) is 0 Å². The molecule has 0 aliphatic carbocycles. The van der Waals surface area contributed by atoms with Crippen LogP contribution < -0.4 is 0 Å². The molecule has 0 atom stereocenters. The van der Waals surface area contributed by atoms with E-state index < -0.39 is 5.95 Å².